The molecule has 1 N–H and O–H groups in total. The Morgan fingerprint density at radius 1 is 0.902 bits per heavy atom. The van der Waals surface area contributed by atoms with Crippen LogP contribution in [0.25, 0.3) is 6.08 Å². The van der Waals surface area contributed by atoms with E-state index < -0.39 is 35.1 Å². The predicted molar refractivity (Wildman–Crippen MR) is 160 cm³/mol. The summed E-state index contributed by atoms with van der Waals surface area (Å²) in [5, 5.41) is 3.51. The van der Waals surface area contributed by atoms with Gasteiger partial charge in [-0.1, -0.05) is 70.0 Å². The molecule has 3 heterocycles. The van der Waals surface area contributed by atoms with E-state index in [9.17, 15) is 18.8 Å². The molecule has 0 saturated carbocycles. The Morgan fingerprint density at radius 3 is 2.34 bits per heavy atom. The summed E-state index contributed by atoms with van der Waals surface area (Å²) in [4.78, 5) is 45.6. The summed E-state index contributed by atoms with van der Waals surface area (Å²) < 4.78 is 14.7. The molecule has 0 aromatic heterocycles. The molecule has 1 unspecified atom stereocenters. The number of nitrogens with one attached hydrogen (secondary N) is 1. The summed E-state index contributed by atoms with van der Waals surface area (Å²) in [6, 6.07) is 23.1. The van der Waals surface area contributed by atoms with Gasteiger partial charge >= 0.3 is 0 Å². The average Bonchev–Trinajstić information content (AvgIpc) is 3.44. The van der Waals surface area contributed by atoms with Crippen molar-refractivity contribution in [2.24, 2.45) is 5.92 Å². The molecule has 1 amide bonds. The number of hydrogen-bond donors (Lipinski definition) is 1. The van der Waals surface area contributed by atoms with Crippen molar-refractivity contribution in [2.75, 3.05) is 10.2 Å². The fraction of sp³-hybridized carbons (Fsp3) is 0.121. The zero-order valence-corrected chi connectivity index (χ0v) is 23.7. The van der Waals surface area contributed by atoms with Crippen LogP contribution in [0.2, 0.25) is 5.02 Å². The summed E-state index contributed by atoms with van der Waals surface area (Å²) in [7, 11) is 0. The SMILES string of the molecule is O=C(c1ccc(F)cc1)[C@@H]1C2C=Cc3cc(Cl)ccc3N2[C@H](C(=O)c2ccc(Br)cc2)[C@]12C(=O)Nc1ccccc12. The monoisotopic (exact) mass is 626 g/mol. The number of anilines is 2. The Bertz CT molecular complexity index is 1790. The maximum absolute atomic E-state index is 14.7. The normalized spacial score (nSPS) is 23.6. The molecule has 4 aromatic rings. The van der Waals surface area contributed by atoms with Gasteiger partial charge in [-0.2, -0.15) is 0 Å². The number of hydrogen-bond acceptors (Lipinski definition) is 4. The topological polar surface area (TPSA) is 66.5 Å². The Kier molecular flexibility index (Phi) is 5.99. The first-order chi connectivity index (χ1) is 19.8. The van der Waals surface area contributed by atoms with Gasteiger partial charge in [-0.15, -0.1) is 0 Å². The molecule has 3 aliphatic rings. The van der Waals surface area contributed by atoms with Gasteiger partial charge in [0, 0.05) is 32.0 Å². The largest absolute Gasteiger partial charge is 0.352 e. The van der Waals surface area contributed by atoms with Gasteiger partial charge in [-0.25, -0.2) is 4.39 Å². The Hall–Kier alpha value is -4.07. The van der Waals surface area contributed by atoms with Crippen molar-refractivity contribution in [3.05, 3.63) is 135 Å². The number of ketones is 2. The molecule has 5 nitrogen and oxygen atoms in total. The quantitative estimate of drug-likeness (QED) is 0.245. The molecule has 202 valence electrons. The van der Waals surface area contributed by atoms with E-state index in [2.05, 4.69) is 21.2 Å². The third-order valence-electron chi connectivity index (χ3n) is 8.39. The highest BCUT2D eigenvalue weighted by Crippen LogP contribution is 2.58. The second kappa shape index (κ2) is 9.50. The molecular formula is C33H21BrClFN2O3. The zero-order chi connectivity index (χ0) is 28.5. The average molecular weight is 628 g/mol. The first-order valence-electron chi connectivity index (χ1n) is 13.1. The lowest BCUT2D eigenvalue weighted by molar-refractivity contribution is -0.121. The van der Waals surface area contributed by atoms with Crippen LogP contribution in [-0.4, -0.2) is 29.6 Å². The lowest BCUT2D eigenvalue weighted by atomic mass is 9.63. The van der Waals surface area contributed by atoms with Gasteiger partial charge in [0.15, 0.2) is 11.6 Å². The van der Waals surface area contributed by atoms with Crippen LogP contribution in [0, 0.1) is 11.7 Å². The third kappa shape index (κ3) is 3.76. The molecule has 4 aromatic carbocycles. The minimum atomic E-state index is -1.58. The molecule has 1 fully saturated rings. The van der Waals surface area contributed by atoms with Crippen LogP contribution < -0.4 is 10.2 Å². The predicted octanol–water partition coefficient (Wildman–Crippen LogP) is 7.10. The lowest BCUT2D eigenvalue weighted by Crippen LogP contribution is -2.55. The molecule has 0 bridgehead atoms. The van der Waals surface area contributed by atoms with Crippen LogP contribution in [0.5, 0.6) is 0 Å². The van der Waals surface area contributed by atoms with E-state index in [4.69, 9.17) is 11.6 Å². The molecule has 1 spiro atoms. The van der Waals surface area contributed by atoms with E-state index in [1.165, 1.54) is 24.3 Å². The summed E-state index contributed by atoms with van der Waals surface area (Å²) >= 11 is 9.77. The van der Waals surface area contributed by atoms with Gasteiger partial charge in [0.25, 0.3) is 0 Å². The van der Waals surface area contributed by atoms with Crippen LogP contribution in [-0.2, 0) is 10.2 Å². The number of halogens is 3. The van der Waals surface area contributed by atoms with Gasteiger partial charge in [0.1, 0.15) is 17.3 Å². The molecule has 0 radical (unpaired) electrons. The summed E-state index contributed by atoms with van der Waals surface area (Å²) in [6.45, 7) is 0. The minimum Gasteiger partial charge on any atom is -0.352 e. The summed E-state index contributed by atoms with van der Waals surface area (Å²) in [6.07, 6.45) is 3.75. The minimum absolute atomic E-state index is 0.264. The summed E-state index contributed by atoms with van der Waals surface area (Å²) in [5.41, 5.74) is 1.71. The molecule has 0 aliphatic carbocycles. The van der Waals surface area contributed by atoms with Crippen LogP contribution in [0.4, 0.5) is 15.8 Å². The van der Waals surface area contributed by atoms with Gasteiger partial charge in [0.05, 0.1) is 12.0 Å². The maximum Gasteiger partial charge on any atom is 0.238 e. The molecule has 41 heavy (non-hydrogen) atoms. The standard InChI is InChI=1S/C33H21BrClFN2O3/c34-21-10-5-19(6-11-21)30(40)31-33(24-3-1-2-4-25(24)37-32(33)41)28(29(39)18-7-13-23(36)14-8-18)27-15-9-20-17-22(35)12-16-26(20)38(27)31/h1-17,27-28,31H,(H,37,41)/t27?,28-,31+,33+/m0/s1. The van der Waals surface area contributed by atoms with E-state index >= 15 is 0 Å². The van der Waals surface area contributed by atoms with E-state index in [0.29, 0.717) is 27.5 Å². The number of fused-ring (bicyclic) bond motifs is 5. The van der Waals surface area contributed by atoms with Crippen molar-refractivity contribution in [1.29, 1.82) is 0 Å². The second-order valence-corrected chi connectivity index (χ2v) is 11.8. The fourth-order valence-corrected chi connectivity index (χ4v) is 7.18. The zero-order valence-electron chi connectivity index (χ0n) is 21.4. The first-order valence-corrected chi connectivity index (χ1v) is 14.2. The maximum atomic E-state index is 14.7. The van der Waals surface area contributed by atoms with Crippen molar-refractivity contribution in [2.45, 2.75) is 17.5 Å². The smallest absolute Gasteiger partial charge is 0.238 e. The number of rotatable bonds is 4. The highest BCUT2D eigenvalue weighted by atomic mass is 79.9. The van der Waals surface area contributed by atoms with Crippen molar-refractivity contribution in [3.63, 3.8) is 0 Å². The van der Waals surface area contributed by atoms with Crippen LogP contribution in [0.1, 0.15) is 31.8 Å². The number of para-hydroxylation sites is 1. The molecular weight excluding hydrogens is 607 g/mol. The number of Topliss-reactive ketones (excluding diaryl/α,β-unsaturated/α-hetero) is 2. The number of carbonyl (C=O) groups excluding carboxylic acids is 3. The summed E-state index contributed by atoms with van der Waals surface area (Å²) in [5.74, 6) is -2.53. The highest BCUT2D eigenvalue weighted by Gasteiger charge is 2.71. The molecule has 3 aliphatic heterocycles. The van der Waals surface area contributed by atoms with Crippen molar-refractivity contribution in [3.8, 4) is 0 Å². The van der Waals surface area contributed by atoms with Crippen LogP contribution in [0.15, 0.2) is 102 Å². The number of benzene rings is 4. The third-order valence-corrected chi connectivity index (χ3v) is 9.15. The van der Waals surface area contributed by atoms with Crippen LogP contribution in [0.3, 0.4) is 0 Å². The molecule has 4 atom stereocenters. The van der Waals surface area contributed by atoms with Gasteiger partial charge in [-0.05, 0) is 71.8 Å². The Morgan fingerprint density at radius 2 is 1.59 bits per heavy atom. The number of nitrogens with zero attached hydrogens (tertiary/aromatic N) is 1. The Balaban J connectivity index is 1.54. The van der Waals surface area contributed by atoms with Gasteiger partial charge in [0.2, 0.25) is 5.91 Å². The van der Waals surface area contributed by atoms with E-state index in [-0.39, 0.29) is 17.1 Å². The van der Waals surface area contributed by atoms with E-state index in [1.807, 2.05) is 35.3 Å². The Labute approximate surface area is 248 Å². The first kappa shape index (κ1) is 25.9. The van der Waals surface area contributed by atoms with Crippen molar-refractivity contribution < 1.29 is 18.8 Å². The van der Waals surface area contributed by atoms with Gasteiger partial charge in [-0.3, -0.25) is 14.4 Å². The molecule has 1 saturated heterocycles. The number of carbonyl (C=O) groups is 3. The van der Waals surface area contributed by atoms with Gasteiger partial charge < -0.3 is 10.2 Å². The highest BCUT2D eigenvalue weighted by molar-refractivity contribution is 9.10. The lowest BCUT2D eigenvalue weighted by Gasteiger charge is -2.37. The van der Waals surface area contributed by atoms with Crippen molar-refractivity contribution in [1.82, 2.24) is 0 Å². The molecule has 7 rings (SSSR count). The van der Waals surface area contributed by atoms with E-state index in [1.54, 1.807) is 48.5 Å². The second-order valence-electron chi connectivity index (χ2n) is 10.5. The number of amides is 1. The van der Waals surface area contributed by atoms with E-state index in [0.717, 1.165) is 10.0 Å². The van der Waals surface area contributed by atoms with Crippen LogP contribution >= 0.6 is 27.5 Å². The molecule has 8 heteroatoms. The van der Waals surface area contributed by atoms with Crippen molar-refractivity contribution >= 4 is 62.5 Å². The fourth-order valence-electron chi connectivity index (χ4n) is 6.73.